The number of hydrogen-bond donors (Lipinski definition) is 0. The molecule has 0 N–H and O–H groups in total. The molecule has 1 fully saturated rings. The van der Waals surface area contributed by atoms with Crippen LogP contribution < -0.4 is 0 Å². The molecule has 0 saturated heterocycles. The maximum atomic E-state index is 5.10. The van der Waals surface area contributed by atoms with Gasteiger partial charge in [-0.1, -0.05) is 19.8 Å². The van der Waals surface area contributed by atoms with Crippen LogP contribution in [-0.4, -0.2) is 6.10 Å². The molecule has 1 aliphatic carbocycles. The second kappa shape index (κ2) is 4.28. The van der Waals surface area contributed by atoms with Crippen LogP contribution in [0.15, 0.2) is 0 Å². The van der Waals surface area contributed by atoms with Crippen LogP contribution in [0.5, 0.6) is 0 Å². The lowest BCUT2D eigenvalue weighted by Crippen LogP contribution is -2.19. The van der Waals surface area contributed by atoms with Gasteiger partial charge in [-0.3, -0.25) is 0 Å². The van der Waals surface area contributed by atoms with Gasteiger partial charge in [0.15, 0.2) is 0 Å². The van der Waals surface area contributed by atoms with Crippen molar-refractivity contribution in [2.45, 2.75) is 45.1 Å². The molecule has 0 amide bonds. The maximum Gasteiger partial charge on any atom is 0.110 e. The summed E-state index contributed by atoms with van der Waals surface area (Å²) in [7, 11) is 0. The molecular formula is C10H16O. The molecule has 1 aliphatic rings. The Balaban J connectivity index is 2.20. The number of ether oxygens (including phenoxy) is 1. The Labute approximate surface area is 69.1 Å². The summed E-state index contributed by atoms with van der Waals surface area (Å²) in [6.07, 6.45) is 13.9. The lowest BCUT2D eigenvalue weighted by molar-refractivity contribution is 0.104. The molecule has 0 aromatic carbocycles. The fraction of sp³-hybridized carbons (Fsp3) is 0.800. The van der Waals surface area contributed by atoms with E-state index in [9.17, 15) is 0 Å². The summed E-state index contributed by atoms with van der Waals surface area (Å²) >= 11 is 0. The maximum absolute atomic E-state index is 5.10. The third-order valence-electron chi connectivity index (χ3n) is 2.61. The molecule has 0 aliphatic heterocycles. The van der Waals surface area contributed by atoms with E-state index in [1.807, 2.05) is 0 Å². The van der Waals surface area contributed by atoms with Gasteiger partial charge in [0, 0.05) is 0 Å². The molecule has 0 heterocycles. The predicted octanol–water partition coefficient (Wildman–Crippen LogP) is 2.56. The number of hydrogen-bond acceptors (Lipinski definition) is 1. The van der Waals surface area contributed by atoms with E-state index in [0.717, 1.165) is 18.8 Å². The third kappa shape index (κ3) is 2.46. The van der Waals surface area contributed by atoms with Gasteiger partial charge in [-0.15, -0.1) is 0 Å². The zero-order chi connectivity index (χ0) is 8.10. The normalized spacial score (nSPS) is 30.9. The number of terminal acetylenes is 1. The van der Waals surface area contributed by atoms with Gasteiger partial charge in [-0.25, -0.2) is 0 Å². The molecule has 0 radical (unpaired) electrons. The summed E-state index contributed by atoms with van der Waals surface area (Å²) in [5.41, 5.74) is 0. The topological polar surface area (TPSA) is 9.23 Å². The van der Waals surface area contributed by atoms with Gasteiger partial charge < -0.3 is 4.74 Å². The Morgan fingerprint density at radius 2 is 2.00 bits per heavy atom. The molecule has 1 saturated carbocycles. The summed E-state index contributed by atoms with van der Waals surface area (Å²) in [6, 6.07) is 0. The van der Waals surface area contributed by atoms with Crippen molar-refractivity contribution >= 4 is 0 Å². The quantitative estimate of drug-likeness (QED) is 0.552. The van der Waals surface area contributed by atoms with Crippen molar-refractivity contribution in [3.8, 4) is 12.5 Å². The van der Waals surface area contributed by atoms with Gasteiger partial charge >= 0.3 is 0 Å². The SMILES string of the molecule is C#COC1CCC(CC)CC1. The molecule has 1 heteroatoms. The highest BCUT2D eigenvalue weighted by atomic mass is 16.5. The molecule has 0 aromatic heterocycles. The van der Waals surface area contributed by atoms with Crippen molar-refractivity contribution in [3.63, 3.8) is 0 Å². The van der Waals surface area contributed by atoms with Crippen LogP contribution in [0, 0.1) is 18.4 Å². The summed E-state index contributed by atoms with van der Waals surface area (Å²) in [5.74, 6) is 0.924. The van der Waals surface area contributed by atoms with E-state index in [1.165, 1.54) is 19.3 Å². The van der Waals surface area contributed by atoms with Gasteiger partial charge in [0.25, 0.3) is 0 Å². The molecule has 0 aromatic rings. The fourth-order valence-corrected chi connectivity index (χ4v) is 1.75. The van der Waals surface area contributed by atoms with Crippen molar-refractivity contribution in [2.24, 2.45) is 5.92 Å². The van der Waals surface area contributed by atoms with Gasteiger partial charge in [-0.2, -0.15) is 0 Å². The molecule has 11 heavy (non-hydrogen) atoms. The van der Waals surface area contributed by atoms with Crippen LogP contribution in [0.4, 0.5) is 0 Å². The minimum absolute atomic E-state index is 0.350. The molecule has 1 rings (SSSR count). The smallest absolute Gasteiger partial charge is 0.110 e. The first kappa shape index (κ1) is 8.46. The van der Waals surface area contributed by atoms with Gasteiger partial charge in [0.1, 0.15) is 12.2 Å². The highest BCUT2D eigenvalue weighted by molar-refractivity contribution is 4.77. The van der Waals surface area contributed by atoms with Crippen LogP contribution in [0.3, 0.4) is 0 Å². The van der Waals surface area contributed by atoms with Crippen molar-refractivity contribution in [1.29, 1.82) is 0 Å². The average Bonchev–Trinajstić information content (AvgIpc) is 2.07. The highest BCUT2D eigenvalue weighted by Gasteiger charge is 2.20. The van der Waals surface area contributed by atoms with Crippen molar-refractivity contribution in [3.05, 3.63) is 0 Å². The van der Waals surface area contributed by atoms with Crippen LogP contribution in [0.1, 0.15) is 39.0 Å². The minimum Gasteiger partial charge on any atom is -0.443 e. The van der Waals surface area contributed by atoms with E-state index in [-0.39, 0.29) is 0 Å². The minimum atomic E-state index is 0.350. The zero-order valence-electron chi connectivity index (χ0n) is 7.18. The fourth-order valence-electron chi connectivity index (χ4n) is 1.75. The monoisotopic (exact) mass is 152 g/mol. The predicted molar refractivity (Wildman–Crippen MR) is 46.0 cm³/mol. The Hall–Kier alpha value is -0.640. The lowest BCUT2D eigenvalue weighted by Gasteiger charge is -2.25. The summed E-state index contributed by atoms with van der Waals surface area (Å²) in [6.45, 7) is 2.26. The van der Waals surface area contributed by atoms with Crippen LogP contribution in [0.2, 0.25) is 0 Å². The second-order valence-corrected chi connectivity index (χ2v) is 3.29. The summed E-state index contributed by atoms with van der Waals surface area (Å²) in [5, 5.41) is 0. The summed E-state index contributed by atoms with van der Waals surface area (Å²) in [4.78, 5) is 0. The second-order valence-electron chi connectivity index (χ2n) is 3.29. The molecule has 62 valence electrons. The Bertz CT molecular complexity index is 137. The van der Waals surface area contributed by atoms with E-state index in [0.29, 0.717) is 6.10 Å². The molecular weight excluding hydrogens is 136 g/mol. The third-order valence-corrected chi connectivity index (χ3v) is 2.61. The van der Waals surface area contributed by atoms with Gasteiger partial charge in [0.2, 0.25) is 0 Å². The van der Waals surface area contributed by atoms with Crippen molar-refractivity contribution < 1.29 is 4.74 Å². The molecule has 0 atom stereocenters. The van der Waals surface area contributed by atoms with Crippen LogP contribution in [0.25, 0.3) is 0 Å². The lowest BCUT2D eigenvalue weighted by atomic mass is 9.86. The van der Waals surface area contributed by atoms with E-state index in [2.05, 4.69) is 13.0 Å². The van der Waals surface area contributed by atoms with E-state index < -0.39 is 0 Å². The van der Waals surface area contributed by atoms with Crippen LogP contribution in [-0.2, 0) is 4.74 Å². The first-order chi connectivity index (χ1) is 5.36. The van der Waals surface area contributed by atoms with Gasteiger partial charge in [-0.05, 0) is 31.6 Å². The summed E-state index contributed by atoms with van der Waals surface area (Å²) < 4.78 is 5.10. The first-order valence-electron chi connectivity index (χ1n) is 4.48. The molecule has 0 unspecified atom stereocenters. The number of rotatable bonds is 2. The van der Waals surface area contributed by atoms with Crippen molar-refractivity contribution in [2.75, 3.05) is 0 Å². The molecule has 0 spiro atoms. The van der Waals surface area contributed by atoms with Crippen molar-refractivity contribution in [1.82, 2.24) is 0 Å². The molecule has 1 nitrogen and oxygen atoms in total. The average molecular weight is 152 g/mol. The van der Waals surface area contributed by atoms with E-state index >= 15 is 0 Å². The van der Waals surface area contributed by atoms with Gasteiger partial charge in [0.05, 0.1) is 0 Å². The Kier molecular flexibility index (Phi) is 3.29. The Morgan fingerprint density at radius 1 is 1.36 bits per heavy atom. The zero-order valence-corrected chi connectivity index (χ0v) is 7.18. The van der Waals surface area contributed by atoms with Crippen LogP contribution >= 0.6 is 0 Å². The highest BCUT2D eigenvalue weighted by Crippen LogP contribution is 2.27. The molecule has 0 bridgehead atoms. The standard InChI is InChI=1S/C10H16O/c1-3-9-5-7-10(8-6-9)11-4-2/h2,9-10H,3,5-8H2,1H3. The first-order valence-corrected chi connectivity index (χ1v) is 4.48. The van der Waals surface area contributed by atoms with E-state index in [1.54, 1.807) is 0 Å². The largest absolute Gasteiger partial charge is 0.443 e. The van der Waals surface area contributed by atoms with E-state index in [4.69, 9.17) is 11.2 Å². The Morgan fingerprint density at radius 3 is 2.45 bits per heavy atom.